The summed E-state index contributed by atoms with van der Waals surface area (Å²) >= 11 is 5.99. The average Bonchev–Trinajstić information content (AvgIpc) is 2.34. The van der Waals surface area contributed by atoms with Crippen molar-refractivity contribution in [3.05, 3.63) is 0 Å². The van der Waals surface area contributed by atoms with Gasteiger partial charge in [-0.05, 0) is 29.1 Å². The molecule has 0 saturated carbocycles. The Hall–Kier alpha value is -1.02. The summed E-state index contributed by atoms with van der Waals surface area (Å²) in [5.74, 6) is -0.990. The largest absolute Gasteiger partial charge is 0.480 e. The van der Waals surface area contributed by atoms with Gasteiger partial charge in [0.05, 0.1) is 4.20 Å². The molecule has 6 nitrogen and oxygen atoms in total. The fourth-order valence-electron chi connectivity index (χ4n) is 0.625. The maximum atomic E-state index is 10.3. The van der Waals surface area contributed by atoms with Gasteiger partial charge >= 0.3 is 5.97 Å². The first kappa shape index (κ1) is 10.1. The minimum Gasteiger partial charge on any atom is -0.480 e. The van der Waals surface area contributed by atoms with Crippen molar-refractivity contribution < 1.29 is 9.90 Å². The van der Waals surface area contributed by atoms with E-state index in [1.807, 2.05) is 0 Å². The van der Waals surface area contributed by atoms with Gasteiger partial charge < -0.3 is 5.11 Å². The van der Waals surface area contributed by atoms with Crippen LogP contribution in [0.2, 0.25) is 0 Å². The molecule has 1 aromatic rings. The van der Waals surface area contributed by atoms with Crippen LogP contribution in [0.15, 0.2) is 5.16 Å². The number of hydrogen-bond acceptors (Lipinski definition) is 6. The molecular formula is C5H6N4O2S2. The van der Waals surface area contributed by atoms with Gasteiger partial charge in [-0.15, -0.1) is 5.10 Å². The lowest BCUT2D eigenvalue weighted by Gasteiger charge is -1.98. The molecule has 13 heavy (non-hydrogen) atoms. The van der Waals surface area contributed by atoms with Crippen LogP contribution in [0.3, 0.4) is 0 Å². The highest BCUT2D eigenvalue weighted by atomic mass is 32.2. The molecule has 0 radical (unpaired) electrons. The fourth-order valence-corrected chi connectivity index (χ4v) is 1.39. The molecule has 0 aliphatic heterocycles. The van der Waals surface area contributed by atoms with Crippen LogP contribution in [0, 0.1) is 0 Å². The smallest absolute Gasteiger partial charge is 0.325 e. The molecule has 0 aliphatic rings. The number of carbonyl (C=O) groups is 1. The Kier molecular flexibility index (Phi) is 3.32. The van der Waals surface area contributed by atoms with E-state index in [4.69, 9.17) is 17.3 Å². The summed E-state index contributed by atoms with van der Waals surface area (Å²) in [6.45, 7) is 1.47. The number of aliphatic carboxylic acids is 1. The normalized spacial score (nSPS) is 9.92. The van der Waals surface area contributed by atoms with Gasteiger partial charge in [-0.25, -0.2) is 4.68 Å². The third kappa shape index (κ3) is 3.07. The summed E-state index contributed by atoms with van der Waals surface area (Å²) < 4.78 is 1.82. The summed E-state index contributed by atoms with van der Waals surface area (Å²) in [5.41, 5.74) is 0. The van der Waals surface area contributed by atoms with E-state index in [0.717, 1.165) is 0 Å². The highest BCUT2D eigenvalue weighted by Gasteiger charge is 2.09. The van der Waals surface area contributed by atoms with Gasteiger partial charge in [0.25, 0.3) is 0 Å². The van der Waals surface area contributed by atoms with E-state index >= 15 is 0 Å². The molecule has 0 bridgehead atoms. The first-order valence-corrected chi connectivity index (χ1v) is 4.48. The topological polar surface area (TPSA) is 80.9 Å². The quantitative estimate of drug-likeness (QED) is 0.573. The minimum absolute atomic E-state index is 0.252. The number of rotatable bonds is 3. The van der Waals surface area contributed by atoms with Crippen molar-refractivity contribution in [2.24, 2.45) is 0 Å². The third-order valence-electron chi connectivity index (χ3n) is 1.02. The number of tetrazole rings is 1. The van der Waals surface area contributed by atoms with Crippen molar-refractivity contribution in [3.8, 4) is 0 Å². The molecule has 0 amide bonds. The molecule has 1 aromatic heterocycles. The van der Waals surface area contributed by atoms with Crippen LogP contribution in [0.1, 0.15) is 6.92 Å². The van der Waals surface area contributed by atoms with Crippen LogP contribution in [-0.2, 0) is 11.3 Å². The van der Waals surface area contributed by atoms with E-state index in [-0.39, 0.29) is 6.54 Å². The number of thiocarbonyl (C=S) groups is 1. The number of aromatic nitrogens is 4. The maximum Gasteiger partial charge on any atom is 0.325 e. The Morgan fingerprint density at radius 1 is 1.77 bits per heavy atom. The van der Waals surface area contributed by atoms with Gasteiger partial charge in [0.15, 0.2) is 0 Å². The number of nitrogens with zero attached hydrogens (tertiary/aromatic N) is 4. The summed E-state index contributed by atoms with van der Waals surface area (Å²) in [5, 5.41) is 19.4. The number of carboxylic acid groups (broad SMARTS) is 1. The fraction of sp³-hybridized carbons (Fsp3) is 0.400. The molecular weight excluding hydrogens is 212 g/mol. The third-order valence-corrected chi connectivity index (χ3v) is 2.03. The molecule has 1 N–H and O–H groups in total. The van der Waals surface area contributed by atoms with Gasteiger partial charge in [-0.2, -0.15) is 0 Å². The lowest BCUT2D eigenvalue weighted by Crippen LogP contribution is -2.11. The van der Waals surface area contributed by atoms with Crippen LogP contribution in [-0.4, -0.2) is 35.5 Å². The van der Waals surface area contributed by atoms with E-state index < -0.39 is 5.97 Å². The van der Waals surface area contributed by atoms with Gasteiger partial charge in [0.2, 0.25) is 5.16 Å². The number of carboxylic acids is 1. The summed E-state index contributed by atoms with van der Waals surface area (Å²) in [7, 11) is 0. The van der Waals surface area contributed by atoms with Gasteiger partial charge in [-0.3, -0.25) is 4.79 Å². The van der Waals surface area contributed by atoms with E-state index in [1.54, 1.807) is 6.92 Å². The second kappa shape index (κ2) is 4.28. The Balaban J connectivity index is 2.76. The summed E-state index contributed by atoms with van der Waals surface area (Å²) in [4.78, 5) is 10.3. The van der Waals surface area contributed by atoms with Crippen molar-refractivity contribution in [2.75, 3.05) is 0 Å². The SMILES string of the molecule is CC(=S)Sc1nnnn1CC(=O)O. The monoisotopic (exact) mass is 218 g/mol. The molecule has 70 valence electrons. The minimum atomic E-state index is -0.990. The lowest BCUT2D eigenvalue weighted by atomic mass is 10.7. The summed E-state index contributed by atoms with van der Waals surface area (Å²) in [6.07, 6.45) is 0. The molecule has 1 heterocycles. The lowest BCUT2D eigenvalue weighted by molar-refractivity contribution is -0.138. The molecule has 0 aliphatic carbocycles. The van der Waals surface area contributed by atoms with Crippen molar-refractivity contribution in [1.29, 1.82) is 0 Å². The molecule has 0 saturated heterocycles. The zero-order valence-corrected chi connectivity index (χ0v) is 8.30. The van der Waals surface area contributed by atoms with Gasteiger partial charge in [0.1, 0.15) is 6.54 Å². The first-order chi connectivity index (χ1) is 6.09. The predicted molar refractivity (Wildman–Crippen MR) is 49.6 cm³/mol. The second-order valence-electron chi connectivity index (χ2n) is 2.11. The highest BCUT2D eigenvalue weighted by molar-refractivity contribution is 8.22. The molecule has 0 spiro atoms. The van der Waals surface area contributed by atoms with Gasteiger partial charge in [-0.1, -0.05) is 12.2 Å². The van der Waals surface area contributed by atoms with Crippen LogP contribution in [0.25, 0.3) is 0 Å². The van der Waals surface area contributed by atoms with Crippen LogP contribution < -0.4 is 0 Å². The second-order valence-corrected chi connectivity index (χ2v) is 4.16. The van der Waals surface area contributed by atoms with Gasteiger partial charge in [0, 0.05) is 0 Å². The van der Waals surface area contributed by atoms with E-state index in [9.17, 15) is 4.79 Å². The predicted octanol–water partition coefficient (Wildman–Crippen LogP) is 0.197. The summed E-state index contributed by atoms with van der Waals surface area (Å²) in [6, 6.07) is 0. The van der Waals surface area contributed by atoms with Crippen LogP contribution in [0.5, 0.6) is 0 Å². The van der Waals surface area contributed by atoms with Crippen molar-refractivity contribution in [3.63, 3.8) is 0 Å². The maximum absolute atomic E-state index is 10.3. The van der Waals surface area contributed by atoms with Crippen molar-refractivity contribution in [1.82, 2.24) is 20.2 Å². The van der Waals surface area contributed by atoms with Crippen molar-refractivity contribution >= 4 is 34.1 Å². The Morgan fingerprint density at radius 2 is 2.46 bits per heavy atom. The Morgan fingerprint density at radius 3 is 3.00 bits per heavy atom. The van der Waals surface area contributed by atoms with E-state index in [0.29, 0.717) is 9.35 Å². The molecule has 8 heteroatoms. The first-order valence-electron chi connectivity index (χ1n) is 3.26. The van der Waals surface area contributed by atoms with Crippen LogP contribution >= 0.6 is 24.0 Å². The highest BCUT2D eigenvalue weighted by Crippen LogP contribution is 2.14. The zero-order valence-electron chi connectivity index (χ0n) is 6.67. The standard InChI is InChI=1S/C5H6N4O2S2/c1-3(12)13-5-6-7-8-9(5)2-4(10)11/h2H2,1H3,(H,10,11). The molecule has 0 aromatic carbocycles. The van der Waals surface area contributed by atoms with E-state index in [1.165, 1.54) is 16.4 Å². The number of hydrogen-bond donors (Lipinski definition) is 1. The number of thioether (sulfide) groups is 1. The molecule has 0 atom stereocenters. The Bertz CT molecular complexity index is 307. The van der Waals surface area contributed by atoms with Crippen molar-refractivity contribution in [2.45, 2.75) is 18.6 Å². The van der Waals surface area contributed by atoms with Crippen LogP contribution in [0.4, 0.5) is 0 Å². The Labute approximate surface area is 83.3 Å². The van der Waals surface area contributed by atoms with E-state index in [2.05, 4.69) is 15.5 Å². The molecule has 1 rings (SSSR count). The molecule has 0 fully saturated rings. The zero-order chi connectivity index (χ0) is 9.84. The average molecular weight is 218 g/mol. The molecule has 0 unspecified atom stereocenters.